The van der Waals surface area contributed by atoms with Crippen molar-refractivity contribution in [2.24, 2.45) is 0 Å². The van der Waals surface area contributed by atoms with E-state index in [0.717, 1.165) is 0 Å². The highest BCUT2D eigenvalue weighted by Gasteiger charge is 2.11. The second kappa shape index (κ2) is 1.88. The number of aliphatic hydroxyl groups excluding tert-OH is 1. The third kappa shape index (κ3) is 0.816. The summed E-state index contributed by atoms with van der Waals surface area (Å²) in [6.45, 7) is 0. The molecule has 8 heavy (non-hydrogen) atoms. The predicted molar refractivity (Wildman–Crippen MR) is 25.4 cm³/mol. The number of hydrogen-bond donors (Lipinski definition) is 1. The van der Waals surface area contributed by atoms with E-state index in [1.165, 1.54) is 18.4 Å². The van der Waals surface area contributed by atoms with Gasteiger partial charge in [0.15, 0.2) is 5.76 Å². The van der Waals surface area contributed by atoms with Crippen molar-refractivity contribution in [3.8, 4) is 0 Å². The SMILES string of the molecule is [O]C1OC=CC=C1O. The largest absolute Gasteiger partial charge is 0.506 e. The normalized spacial score (nSPS) is 26.6. The maximum atomic E-state index is 10.3. The number of allylic oxidation sites excluding steroid dienone is 2. The first-order valence-corrected chi connectivity index (χ1v) is 2.17. The number of ether oxygens (including phenoxy) is 1. The monoisotopic (exact) mass is 113 g/mol. The Hall–Kier alpha value is -0.960. The number of rotatable bonds is 0. The molecule has 1 rings (SSSR count). The lowest BCUT2D eigenvalue weighted by Crippen LogP contribution is -2.11. The Morgan fingerprint density at radius 3 is 2.88 bits per heavy atom. The van der Waals surface area contributed by atoms with Crippen molar-refractivity contribution in [2.45, 2.75) is 6.29 Å². The smallest absolute Gasteiger partial charge is 0.287 e. The standard InChI is InChI=1S/C5H5O3/c6-4-2-1-3-8-5(4)7/h1-3,5-6H. The zero-order valence-corrected chi connectivity index (χ0v) is 4.07. The van der Waals surface area contributed by atoms with Gasteiger partial charge in [0, 0.05) is 0 Å². The Bertz CT molecular complexity index is 137. The van der Waals surface area contributed by atoms with E-state index in [4.69, 9.17) is 5.11 Å². The van der Waals surface area contributed by atoms with Crippen LogP contribution in [0.4, 0.5) is 0 Å². The Balaban J connectivity index is 2.66. The molecule has 0 fully saturated rings. The fourth-order valence-electron chi connectivity index (χ4n) is 0.403. The molecule has 0 amide bonds. The van der Waals surface area contributed by atoms with Crippen LogP contribution in [0.25, 0.3) is 0 Å². The fraction of sp³-hybridized carbons (Fsp3) is 0.200. The first-order chi connectivity index (χ1) is 3.80. The summed E-state index contributed by atoms with van der Waals surface area (Å²) in [6.07, 6.45) is 2.60. The van der Waals surface area contributed by atoms with E-state index in [9.17, 15) is 5.11 Å². The topological polar surface area (TPSA) is 49.4 Å². The summed E-state index contributed by atoms with van der Waals surface area (Å²) in [7, 11) is 0. The van der Waals surface area contributed by atoms with E-state index in [-0.39, 0.29) is 5.76 Å². The minimum absolute atomic E-state index is 0.271. The van der Waals surface area contributed by atoms with Crippen LogP contribution < -0.4 is 0 Å². The summed E-state index contributed by atoms with van der Waals surface area (Å²) in [5.41, 5.74) is 0. The lowest BCUT2D eigenvalue weighted by atomic mass is 10.4. The van der Waals surface area contributed by atoms with Gasteiger partial charge in [0.25, 0.3) is 6.29 Å². The number of hydrogen-bond acceptors (Lipinski definition) is 2. The summed E-state index contributed by atoms with van der Waals surface area (Å²) in [5.74, 6) is -0.271. The van der Waals surface area contributed by atoms with Gasteiger partial charge in [-0.3, -0.25) is 0 Å². The van der Waals surface area contributed by atoms with Crippen LogP contribution in [-0.4, -0.2) is 11.4 Å². The Kier molecular flexibility index (Phi) is 1.22. The summed E-state index contributed by atoms with van der Waals surface area (Å²) >= 11 is 0. The van der Waals surface area contributed by atoms with Crippen LogP contribution in [0.1, 0.15) is 0 Å². The first kappa shape index (κ1) is 5.18. The first-order valence-electron chi connectivity index (χ1n) is 2.17. The molecule has 1 aliphatic rings. The molecule has 0 aromatic carbocycles. The van der Waals surface area contributed by atoms with Crippen molar-refractivity contribution in [3.63, 3.8) is 0 Å². The second-order valence-electron chi connectivity index (χ2n) is 1.39. The molecule has 3 nitrogen and oxygen atoms in total. The Labute approximate surface area is 46.5 Å². The van der Waals surface area contributed by atoms with Crippen molar-refractivity contribution in [3.05, 3.63) is 24.2 Å². The van der Waals surface area contributed by atoms with Gasteiger partial charge >= 0.3 is 0 Å². The van der Waals surface area contributed by atoms with E-state index in [2.05, 4.69) is 4.74 Å². The average molecular weight is 113 g/mol. The lowest BCUT2D eigenvalue weighted by molar-refractivity contribution is -0.0964. The van der Waals surface area contributed by atoms with Crippen LogP contribution in [0.2, 0.25) is 0 Å². The van der Waals surface area contributed by atoms with Gasteiger partial charge in [-0.2, -0.15) is 5.11 Å². The molecule has 1 N–H and O–H groups in total. The highest BCUT2D eigenvalue weighted by atomic mass is 16.6. The molecule has 0 aromatic heterocycles. The minimum atomic E-state index is -1.42. The van der Waals surface area contributed by atoms with E-state index in [0.29, 0.717) is 0 Å². The van der Waals surface area contributed by atoms with Gasteiger partial charge < -0.3 is 9.84 Å². The predicted octanol–water partition coefficient (Wildman–Crippen LogP) is 0.729. The zero-order valence-electron chi connectivity index (χ0n) is 4.07. The maximum Gasteiger partial charge on any atom is 0.287 e. The second-order valence-corrected chi connectivity index (χ2v) is 1.39. The maximum absolute atomic E-state index is 10.3. The van der Waals surface area contributed by atoms with Crippen LogP contribution in [0, 0.1) is 0 Å². The molecule has 1 aliphatic heterocycles. The van der Waals surface area contributed by atoms with Crippen molar-refractivity contribution in [1.82, 2.24) is 0 Å². The summed E-state index contributed by atoms with van der Waals surface area (Å²) < 4.78 is 4.34. The third-order valence-corrected chi connectivity index (χ3v) is 0.789. The number of aliphatic hydroxyl groups is 1. The van der Waals surface area contributed by atoms with Crippen molar-refractivity contribution in [2.75, 3.05) is 0 Å². The lowest BCUT2D eigenvalue weighted by Gasteiger charge is -2.08. The molecule has 0 spiro atoms. The molecule has 0 bridgehead atoms. The van der Waals surface area contributed by atoms with E-state index < -0.39 is 6.29 Å². The van der Waals surface area contributed by atoms with Crippen LogP contribution in [0.3, 0.4) is 0 Å². The molecular formula is C5H5O3. The van der Waals surface area contributed by atoms with Gasteiger partial charge in [0.05, 0.1) is 6.26 Å². The summed E-state index contributed by atoms with van der Waals surface area (Å²) in [5, 5.41) is 18.8. The molecule has 43 valence electrons. The molecule has 1 unspecified atom stereocenters. The highest BCUT2D eigenvalue weighted by Crippen LogP contribution is 2.05. The van der Waals surface area contributed by atoms with Gasteiger partial charge in [-0.15, -0.1) is 0 Å². The van der Waals surface area contributed by atoms with E-state index in [1.54, 1.807) is 0 Å². The zero-order chi connectivity index (χ0) is 5.98. The summed E-state index contributed by atoms with van der Waals surface area (Å²) in [6, 6.07) is 0. The molecule has 0 saturated heterocycles. The van der Waals surface area contributed by atoms with Crippen molar-refractivity contribution >= 4 is 0 Å². The molecule has 3 heteroatoms. The Morgan fingerprint density at radius 1 is 1.75 bits per heavy atom. The fourth-order valence-corrected chi connectivity index (χ4v) is 0.403. The van der Waals surface area contributed by atoms with Gasteiger partial charge in [0.1, 0.15) is 0 Å². The highest BCUT2D eigenvalue weighted by molar-refractivity contribution is 5.09. The van der Waals surface area contributed by atoms with Crippen molar-refractivity contribution < 1.29 is 14.9 Å². The molecule has 1 atom stereocenters. The van der Waals surface area contributed by atoms with Crippen LogP contribution >= 0.6 is 0 Å². The Morgan fingerprint density at radius 2 is 2.50 bits per heavy atom. The summed E-state index contributed by atoms with van der Waals surface area (Å²) in [4.78, 5) is 0. The average Bonchev–Trinajstić information content (AvgIpc) is 1.77. The van der Waals surface area contributed by atoms with Gasteiger partial charge in [-0.25, -0.2) is 0 Å². The molecule has 0 aliphatic carbocycles. The molecule has 1 radical (unpaired) electrons. The van der Waals surface area contributed by atoms with Gasteiger partial charge in [-0.1, -0.05) is 0 Å². The minimum Gasteiger partial charge on any atom is -0.506 e. The van der Waals surface area contributed by atoms with Crippen LogP contribution in [-0.2, 0) is 9.84 Å². The van der Waals surface area contributed by atoms with Crippen LogP contribution in [0.15, 0.2) is 24.2 Å². The van der Waals surface area contributed by atoms with Gasteiger partial charge in [0.2, 0.25) is 0 Å². The van der Waals surface area contributed by atoms with Gasteiger partial charge in [-0.05, 0) is 12.2 Å². The van der Waals surface area contributed by atoms with E-state index >= 15 is 0 Å². The third-order valence-electron chi connectivity index (χ3n) is 0.789. The molecule has 0 saturated carbocycles. The molecule has 1 heterocycles. The van der Waals surface area contributed by atoms with Crippen molar-refractivity contribution in [1.29, 1.82) is 0 Å². The van der Waals surface area contributed by atoms with Crippen LogP contribution in [0.5, 0.6) is 0 Å². The quantitative estimate of drug-likeness (QED) is 0.503. The molecular weight excluding hydrogens is 108 g/mol. The molecule has 0 aromatic rings. The van der Waals surface area contributed by atoms with E-state index in [1.807, 2.05) is 0 Å².